The minimum atomic E-state index is 0.458. The molecule has 2 heterocycles. The first-order chi connectivity index (χ1) is 11.1. The van der Waals surface area contributed by atoms with E-state index in [2.05, 4.69) is 44.8 Å². The molecule has 0 amide bonds. The molecule has 0 atom stereocenters. The Labute approximate surface area is 141 Å². The van der Waals surface area contributed by atoms with Crippen molar-refractivity contribution in [2.45, 2.75) is 32.9 Å². The lowest BCUT2D eigenvalue weighted by Crippen LogP contribution is -2.36. The van der Waals surface area contributed by atoms with E-state index in [-0.39, 0.29) is 0 Å². The second kappa shape index (κ2) is 8.47. The summed E-state index contributed by atoms with van der Waals surface area (Å²) >= 11 is 1.67. The second-order valence-corrected chi connectivity index (χ2v) is 6.25. The average molecular weight is 333 g/mol. The standard InChI is InChI=1S/C16H23N5OS/c1-11(2)13-10-23-15(21-13)9-20-16(17-3)19-8-12-5-6-14(22-4)18-7-12/h5-7,10-11H,8-9H2,1-4H3,(H2,17,19,20). The second-order valence-electron chi connectivity index (χ2n) is 5.31. The van der Waals surface area contributed by atoms with Crippen molar-refractivity contribution in [1.29, 1.82) is 0 Å². The maximum absolute atomic E-state index is 5.05. The summed E-state index contributed by atoms with van der Waals surface area (Å²) in [5.74, 6) is 1.81. The quantitative estimate of drug-likeness (QED) is 0.628. The highest BCUT2D eigenvalue weighted by atomic mass is 32.1. The van der Waals surface area contributed by atoms with Crippen molar-refractivity contribution in [3.63, 3.8) is 0 Å². The number of rotatable bonds is 6. The number of aromatic nitrogens is 2. The van der Waals surface area contributed by atoms with Crippen LogP contribution in [0.3, 0.4) is 0 Å². The van der Waals surface area contributed by atoms with Crippen molar-refractivity contribution in [2.24, 2.45) is 4.99 Å². The van der Waals surface area contributed by atoms with E-state index < -0.39 is 0 Å². The summed E-state index contributed by atoms with van der Waals surface area (Å²) in [4.78, 5) is 13.0. The number of nitrogens with one attached hydrogen (secondary N) is 2. The average Bonchev–Trinajstić information content (AvgIpc) is 3.05. The summed E-state index contributed by atoms with van der Waals surface area (Å²) < 4.78 is 5.05. The highest BCUT2D eigenvalue weighted by Crippen LogP contribution is 2.17. The SMILES string of the molecule is CN=C(NCc1ccc(OC)nc1)NCc1nc(C(C)C)cs1. The van der Waals surface area contributed by atoms with E-state index in [9.17, 15) is 0 Å². The highest BCUT2D eigenvalue weighted by molar-refractivity contribution is 7.09. The number of thiazole rings is 1. The minimum absolute atomic E-state index is 0.458. The molecule has 2 rings (SSSR count). The Balaban J connectivity index is 1.82. The van der Waals surface area contributed by atoms with Gasteiger partial charge in [0, 0.05) is 31.2 Å². The van der Waals surface area contributed by atoms with Crippen LogP contribution in [0.15, 0.2) is 28.7 Å². The molecule has 2 N–H and O–H groups in total. The Morgan fingerprint density at radius 3 is 2.65 bits per heavy atom. The Bertz CT molecular complexity index is 636. The summed E-state index contributed by atoms with van der Waals surface area (Å²) in [6, 6.07) is 3.82. The Kier molecular flexibility index (Phi) is 6.34. The Morgan fingerprint density at radius 1 is 1.30 bits per heavy atom. The van der Waals surface area contributed by atoms with Crippen LogP contribution in [0.5, 0.6) is 5.88 Å². The fraction of sp³-hybridized carbons (Fsp3) is 0.438. The molecule has 0 aliphatic rings. The molecular weight excluding hydrogens is 310 g/mol. The van der Waals surface area contributed by atoms with E-state index in [1.165, 1.54) is 0 Å². The lowest BCUT2D eigenvalue weighted by Gasteiger charge is -2.11. The number of pyridine rings is 1. The third-order valence-corrected chi connectivity index (χ3v) is 4.13. The largest absolute Gasteiger partial charge is 0.481 e. The zero-order valence-corrected chi connectivity index (χ0v) is 14.8. The maximum Gasteiger partial charge on any atom is 0.212 e. The number of hydrogen-bond donors (Lipinski definition) is 2. The van der Waals surface area contributed by atoms with Crippen molar-refractivity contribution in [2.75, 3.05) is 14.2 Å². The molecule has 0 aliphatic heterocycles. The third kappa shape index (κ3) is 5.21. The first kappa shape index (κ1) is 17.2. The van der Waals surface area contributed by atoms with Crippen molar-refractivity contribution in [1.82, 2.24) is 20.6 Å². The maximum atomic E-state index is 5.05. The fourth-order valence-corrected chi connectivity index (χ4v) is 2.77. The van der Waals surface area contributed by atoms with Gasteiger partial charge in [0.15, 0.2) is 5.96 Å². The first-order valence-corrected chi connectivity index (χ1v) is 8.38. The van der Waals surface area contributed by atoms with Crippen LogP contribution < -0.4 is 15.4 Å². The molecule has 2 aromatic heterocycles. The minimum Gasteiger partial charge on any atom is -0.481 e. The lowest BCUT2D eigenvalue weighted by atomic mass is 10.2. The highest BCUT2D eigenvalue weighted by Gasteiger charge is 2.06. The van der Waals surface area contributed by atoms with E-state index in [0.29, 0.717) is 24.9 Å². The summed E-state index contributed by atoms with van der Waals surface area (Å²) in [6.45, 7) is 5.61. The van der Waals surface area contributed by atoms with Gasteiger partial charge >= 0.3 is 0 Å². The van der Waals surface area contributed by atoms with Crippen LogP contribution in [0.25, 0.3) is 0 Å². The molecule has 0 radical (unpaired) electrons. The van der Waals surface area contributed by atoms with Gasteiger partial charge in [0.05, 0.1) is 19.3 Å². The molecule has 0 aromatic carbocycles. The number of aliphatic imine (C=N–C) groups is 1. The molecule has 124 valence electrons. The normalized spacial score (nSPS) is 11.6. The predicted molar refractivity (Wildman–Crippen MR) is 94.0 cm³/mol. The van der Waals surface area contributed by atoms with Gasteiger partial charge in [0.25, 0.3) is 0 Å². The molecule has 23 heavy (non-hydrogen) atoms. The van der Waals surface area contributed by atoms with Crippen LogP contribution in [0.2, 0.25) is 0 Å². The van der Waals surface area contributed by atoms with E-state index in [0.717, 1.165) is 22.2 Å². The lowest BCUT2D eigenvalue weighted by molar-refractivity contribution is 0.397. The molecule has 7 heteroatoms. The first-order valence-electron chi connectivity index (χ1n) is 7.50. The van der Waals surface area contributed by atoms with Gasteiger partial charge in [-0.3, -0.25) is 4.99 Å². The van der Waals surface area contributed by atoms with Gasteiger partial charge < -0.3 is 15.4 Å². The van der Waals surface area contributed by atoms with Crippen molar-refractivity contribution < 1.29 is 4.74 Å². The molecule has 0 bridgehead atoms. The molecule has 0 fully saturated rings. The molecule has 0 saturated carbocycles. The van der Waals surface area contributed by atoms with Crippen LogP contribution in [0.1, 0.15) is 36.0 Å². The Morgan fingerprint density at radius 2 is 2.09 bits per heavy atom. The zero-order chi connectivity index (χ0) is 16.7. The molecule has 0 spiro atoms. The fourth-order valence-electron chi connectivity index (χ4n) is 1.87. The topological polar surface area (TPSA) is 71.4 Å². The van der Waals surface area contributed by atoms with E-state index >= 15 is 0 Å². The van der Waals surface area contributed by atoms with Crippen molar-refractivity contribution >= 4 is 17.3 Å². The van der Waals surface area contributed by atoms with Crippen molar-refractivity contribution in [3.05, 3.63) is 40.0 Å². The molecule has 6 nitrogen and oxygen atoms in total. The smallest absolute Gasteiger partial charge is 0.212 e. The third-order valence-electron chi connectivity index (χ3n) is 3.26. The van der Waals surface area contributed by atoms with Crippen LogP contribution in [0.4, 0.5) is 0 Å². The summed E-state index contributed by atoms with van der Waals surface area (Å²) in [5, 5.41) is 9.70. The number of guanidine groups is 1. The molecule has 2 aromatic rings. The number of hydrogen-bond acceptors (Lipinski definition) is 5. The number of nitrogens with zero attached hydrogens (tertiary/aromatic N) is 3. The van der Waals surface area contributed by atoms with Gasteiger partial charge in [0.1, 0.15) is 5.01 Å². The van der Waals surface area contributed by atoms with E-state index in [1.54, 1.807) is 31.7 Å². The number of methoxy groups -OCH3 is 1. The zero-order valence-electron chi connectivity index (χ0n) is 14.0. The van der Waals surface area contributed by atoms with Gasteiger partial charge in [-0.25, -0.2) is 9.97 Å². The number of ether oxygens (including phenoxy) is 1. The van der Waals surface area contributed by atoms with E-state index in [1.807, 2.05) is 12.1 Å². The van der Waals surface area contributed by atoms with Crippen LogP contribution in [0, 0.1) is 0 Å². The molecule has 0 aliphatic carbocycles. The molecule has 0 saturated heterocycles. The molecule has 0 unspecified atom stereocenters. The molecular formula is C16H23N5OS. The van der Waals surface area contributed by atoms with Crippen molar-refractivity contribution in [3.8, 4) is 5.88 Å². The Hall–Kier alpha value is -2.15. The van der Waals surface area contributed by atoms with Crippen LogP contribution in [-0.2, 0) is 13.1 Å². The van der Waals surface area contributed by atoms with Gasteiger partial charge in [-0.2, -0.15) is 0 Å². The monoisotopic (exact) mass is 333 g/mol. The van der Waals surface area contributed by atoms with Gasteiger partial charge in [-0.05, 0) is 11.5 Å². The predicted octanol–water partition coefficient (Wildman–Crippen LogP) is 2.54. The van der Waals surface area contributed by atoms with Gasteiger partial charge in [0.2, 0.25) is 5.88 Å². The summed E-state index contributed by atoms with van der Waals surface area (Å²) in [7, 11) is 3.36. The van der Waals surface area contributed by atoms with Crippen LogP contribution in [-0.4, -0.2) is 30.1 Å². The van der Waals surface area contributed by atoms with Gasteiger partial charge in [-0.1, -0.05) is 19.9 Å². The van der Waals surface area contributed by atoms with Gasteiger partial charge in [-0.15, -0.1) is 11.3 Å². The van der Waals surface area contributed by atoms with Crippen LogP contribution >= 0.6 is 11.3 Å². The summed E-state index contributed by atoms with van der Waals surface area (Å²) in [5.41, 5.74) is 2.20. The van der Waals surface area contributed by atoms with E-state index in [4.69, 9.17) is 4.74 Å². The summed E-state index contributed by atoms with van der Waals surface area (Å²) in [6.07, 6.45) is 1.79.